The number of ether oxygens (including phenoxy) is 1. The molecular weight excluding hydrogens is 188 g/mol. The van der Waals surface area contributed by atoms with E-state index in [0.29, 0.717) is 6.42 Å². The third-order valence-electron chi connectivity index (χ3n) is 3.21. The number of hydrogen-bond acceptors (Lipinski definition) is 2. The molecule has 0 amide bonds. The second-order valence-corrected chi connectivity index (χ2v) is 5.33. The molecule has 0 saturated heterocycles. The Morgan fingerprint density at radius 1 is 1.07 bits per heavy atom. The van der Waals surface area contributed by atoms with Gasteiger partial charge in [0.05, 0.1) is 0 Å². The third-order valence-corrected chi connectivity index (χ3v) is 3.21. The Hall–Kier alpha value is -0.530. The molecule has 0 bridgehead atoms. The maximum absolute atomic E-state index is 11.3. The van der Waals surface area contributed by atoms with E-state index in [0.717, 1.165) is 19.3 Å². The van der Waals surface area contributed by atoms with Gasteiger partial charge in [0.15, 0.2) is 0 Å². The van der Waals surface area contributed by atoms with Crippen LogP contribution in [0.5, 0.6) is 0 Å². The molecule has 1 atom stereocenters. The highest BCUT2D eigenvalue weighted by molar-refractivity contribution is 5.69. The average Bonchev–Trinajstić information content (AvgIpc) is 2.17. The Morgan fingerprint density at radius 3 is 1.93 bits per heavy atom. The van der Waals surface area contributed by atoms with Crippen LogP contribution in [0.25, 0.3) is 0 Å². The lowest BCUT2D eigenvalue weighted by Crippen LogP contribution is -2.35. The van der Waals surface area contributed by atoms with E-state index in [9.17, 15) is 4.79 Å². The average molecular weight is 214 g/mol. The molecule has 0 aromatic heterocycles. The van der Waals surface area contributed by atoms with Gasteiger partial charge < -0.3 is 4.74 Å². The molecule has 0 saturated carbocycles. The fourth-order valence-electron chi connectivity index (χ4n) is 1.72. The number of hydrogen-bond donors (Lipinski definition) is 0. The van der Waals surface area contributed by atoms with Crippen molar-refractivity contribution in [3.05, 3.63) is 0 Å². The van der Waals surface area contributed by atoms with Crippen molar-refractivity contribution >= 4 is 5.97 Å². The van der Waals surface area contributed by atoms with E-state index in [1.807, 2.05) is 13.8 Å². The fraction of sp³-hybridized carbons (Fsp3) is 0.923. The summed E-state index contributed by atoms with van der Waals surface area (Å²) >= 11 is 0. The number of esters is 1. The summed E-state index contributed by atoms with van der Waals surface area (Å²) in [4.78, 5) is 11.3. The molecule has 0 fully saturated rings. The standard InChI is InChI=1S/C13H26O2/c1-7-11(14)15-13(6,9-3)10-12(4,5)8-2/h7-10H2,1-6H3. The van der Waals surface area contributed by atoms with E-state index in [1.54, 1.807) is 0 Å². The first-order chi connectivity index (χ1) is 6.78. The van der Waals surface area contributed by atoms with Gasteiger partial charge in [-0.3, -0.25) is 4.79 Å². The molecule has 0 aliphatic heterocycles. The topological polar surface area (TPSA) is 26.3 Å². The van der Waals surface area contributed by atoms with Gasteiger partial charge in [0.1, 0.15) is 5.60 Å². The smallest absolute Gasteiger partial charge is 0.306 e. The van der Waals surface area contributed by atoms with E-state index >= 15 is 0 Å². The highest BCUT2D eigenvalue weighted by Crippen LogP contribution is 2.35. The zero-order valence-electron chi connectivity index (χ0n) is 11.1. The normalized spacial score (nSPS) is 15.9. The SMILES string of the molecule is CCC(=O)OC(C)(CC)CC(C)(C)CC. The van der Waals surface area contributed by atoms with Gasteiger partial charge >= 0.3 is 5.97 Å². The first-order valence-electron chi connectivity index (χ1n) is 6.00. The van der Waals surface area contributed by atoms with Crippen LogP contribution in [0, 0.1) is 5.41 Å². The number of rotatable bonds is 6. The minimum absolute atomic E-state index is 0.0914. The van der Waals surface area contributed by atoms with E-state index < -0.39 is 0 Å². The van der Waals surface area contributed by atoms with Crippen molar-refractivity contribution in [3.63, 3.8) is 0 Å². The summed E-state index contributed by atoms with van der Waals surface area (Å²) in [6.45, 7) is 12.6. The molecule has 0 aliphatic rings. The molecule has 0 radical (unpaired) electrons. The molecule has 0 spiro atoms. The molecule has 2 heteroatoms. The second-order valence-electron chi connectivity index (χ2n) is 5.33. The lowest BCUT2D eigenvalue weighted by molar-refractivity contribution is -0.161. The van der Waals surface area contributed by atoms with Crippen LogP contribution in [0.15, 0.2) is 0 Å². The fourth-order valence-corrected chi connectivity index (χ4v) is 1.72. The van der Waals surface area contributed by atoms with Crippen molar-refractivity contribution in [1.29, 1.82) is 0 Å². The van der Waals surface area contributed by atoms with Crippen LogP contribution in [0.4, 0.5) is 0 Å². The Balaban J connectivity index is 4.50. The van der Waals surface area contributed by atoms with Gasteiger partial charge in [0, 0.05) is 6.42 Å². The highest BCUT2D eigenvalue weighted by atomic mass is 16.6. The minimum atomic E-state index is -0.299. The summed E-state index contributed by atoms with van der Waals surface area (Å²) in [5, 5.41) is 0. The lowest BCUT2D eigenvalue weighted by atomic mass is 9.78. The van der Waals surface area contributed by atoms with E-state index in [4.69, 9.17) is 4.74 Å². The molecule has 0 N–H and O–H groups in total. The van der Waals surface area contributed by atoms with Crippen molar-refractivity contribution in [2.24, 2.45) is 5.41 Å². The zero-order valence-corrected chi connectivity index (χ0v) is 11.1. The maximum Gasteiger partial charge on any atom is 0.306 e. The van der Waals surface area contributed by atoms with Crippen LogP contribution in [0.2, 0.25) is 0 Å². The molecule has 0 heterocycles. The highest BCUT2D eigenvalue weighted by Gasteiger charge is 2.33. The largest absolute Gasteiger partial charge is 0.459 e. The van der Waals surface area contributed by atoms with Crippen LogP contribution >= 0.6 is 0 Å². The zero-order chi connectivity index (χ0) is 12.1. The predicted molar refractivity (Wildman–Crippen MR) is 63.8 cm³/mol. The maximum atomic E-state index is 11.3. The Bertz CT molecular complexity index is 209. The van der Waals surface area contributed by atoms with Crippen molar-refractivity contribution in [3.8, 4) is 0 Å². The molecule has 0 aromatic rings. The first kappa shape index (κ1) is 14.5. The summed E-state index contributed by atoms with van der Waals surface area (Å²) in [5.74, 6) is -0.0914. The molecule has 90 valence electrons. The van der Waals surface area contributed by atoms with E-state index in [1.165, 1.54) is 0 Å². The van der Waals surface area contributed by atoms with Crippen LogP contribution in [-0.2, 0) is 9.53 Å². The lowest BCUT2D eigenvalue weighted by Gasteiger charge is -2.36. The molecule has 15 heavy (non-hydrogen) atoms. The molecule has 1 unspecified atom stereocenters. The molecule has 2 nitrogen and oxygen atoms in total. The Morgan fingerprint density at radius 2 is 1.60 bits per heavy atom. The van der Waals surface area contributed by atoms with Crippen LogP contribution in [-0.4, -0.2) is 11.6 Å². The van der Waals surface area contributed by atoms with E-state index in [-0.39, 0.29) is 17.0 Å². The van der Waals surface area contributed by atoms with Crippen LogP contribution in [0.1, 0.15) is 67.2 Å². The summed E-state index contributed by atoms with van der Waals surface area (Å²) in [7, 11) is 0. The molecular formula is C13H26O2. The minimum Gasteiger partial charge on any atom is -0.459 e. The summed E-state index contributed by atoms with van der Waals surface area (Å²) in [6.07, 6.45) is 3.37. The molecule has 0 aliphatic carbocycles. The number of carbonyl (C=O) groups excluding carboxylic acids is 1. The summed E-state index contributed by atoms with van der Waals surface area (Å²) in [6, 6.07) is 0. The van der Waals surface area contributed by atoms with Crippen LogP contribution < -0.4 is 0 Å². The monoisotopic (exact) mass is 214 g/mol. The second kappa shape index (κ2) is 5.53. The Labute approximate surface area is 94.4 Å². The van der Waals surface area contributed by atoms with Crippen molar-refractivity contribution in [1.82, 2.24) is 0 Å². The molecule has 0 rings (SSSR count). The van der Waals surface area contributed by atoms with Gasteiger partial charge in [0.2, 0.25) is 0 Å². The van der Waals surface area contributed by atoms with Gasteiger partial charge in [-0.2, -0.15) is 0 Å². The first-order valence-corrected chi connectivity index (χ1v) is 6.00. The van der Waals surface area contributed by atoms with E-state index in [2.05, 4.69) is 27.7 Å². The van der Waals surface area contributed by atoms with Gasteiger partial charge in [-0.15, -0.1) is 0 Å². The van der Waals surface area contributed by atoms with Gasteiger partial charge in [0.25, 0.3) is 0 Å². The Kier molecular flexibility index (Phi) is 5.33. The molecule has 0 aromatic carbocycles. The van der Waals surface area contributed by atoms with Crippen LogP contribution in [0.3, 0.4) is 0 Å². The van der Waals surface area contributed by atoms with Gasteiger partial charge in [-0.05, 0) is 25.2 Å². The van der Waals surface area contributed by atoms with Crippen molar-refractivity contribution in [2.75, 3.05) is 0 Å². The third kappa shape index (κ3) is 5.19. The predicted octanol–water partition coefficient (Wildman–Crippen LogP) is 3.93. The summed E-state index contributed by atoms with van der Waals surface area (Å²) in [5.41, 5.74) is -0.0641. The van der Waals surface area contributed by atoms with Gasteiger partial charge in [-0.25, -0.2) is 0 Å². The van der Waals surface area contributed by atoms with Crippen molar-refractivity contribution in [2.45, 2.75) is 72.8 Å². The van der Waals surface area contributed by atoms with Crippen molar-refractivity contribution < 1.29 is 9.53 Å². The number of carbonyl (C=O) groups is 1. The summed E-state index contributed by atoms with van der Waals surface area (Å²) < 4.78 is 5.54. The van der Waals surface area contributed by atoms with Gasteiger partial charge in [-0.1, -0.05) is 41.0 Å². The quantitative estimate of drug-likeness (QED) is 0.626.